The van der Waals surface area contributed by atoms with Crippen molar-refractivity contribution in [2.45, 2.75) is 18.7 Å². The first kappa shape index (κ1) is 21.1. The highest BCUT2D eigenvalue weighted by Crippen LogP contribution is 2.34. The van der Waals surface area contributed by atoms with Crippen LogP contribution in [0.25, 0.3) is 11.3 Å². The molecule has 150 valence electrons. The molecule has 2 aromatic carbocycles. The average Bonchev–Trinajstić information content (AvgIpc) is 3.22. The van der Waals surface area contributed by atoms with Gasteiger partial charge in [0.25, 0.3) is 5.91 Å². The number of amides is 1. The van der Waals surface area contributed by atoms with E-state index in [9.17, 15) is 4.79 Å². The Morgan fingerprint density at radius 1 is 1.21 bits per heavy atom. The van der Waals surface area contributed by atoms with Crippen molar-refractivity contribution >= 4 is 39.8 Å². The van der Waals surface area contributed by atoms with Gasteiger partial charge in [-0.25, -0.2) is 4.98 Å². The number of carbonyl (C=O) groups excluding carboxylic acids is 1. The SMILES string of the molecule is C=CC(=O)N(c1ccc(SCC(C)C)cc1)c1nc(-c2ccc(OC)cc2)cs1. The molecule has 29 heavy (non-hydrogen) atoms. The van der Waals surface area contributed by atoms with E-state index < -0.39 is 0 Å². The molecule has 6 heteroatoms. The lowest BCUT2D eigenvalue weighted by molar-refractivity contribution is -0.113. The standard InChI is InChI=1S/C23H24N2O2S2/c1-5-22(26)25(18-8-12-20(13-9-18)28-14-16(2)3)23-24-21(15-29-23)17-6-10-19(27-4)11-7-17/h5-13,15-16H,1,14H2,2-4H3. The van der Waals surface area contributed by atoms with Gasteiger partial charge in [-0.15, -0.1) is 23.1 Å². The molecule has 0 aliphatic carbocycles. The van der Waals surface area contributed by atoms with Crippen LogP contribution in [-0.4, -0.2) is 23.8 Å². The van der Waals surface area contributed by atoms with Crippen molar-refractivity contribution in [1.82, 2.24) is 4.98 Å². The third-order valence-corrected chi connectivity index (χ3v) is 6.41. The topological polar surface area (TPSA) is 42.4 Å². The van der Waals surface area contributed by atoms with Crippen LogP contribution in [0, 0.1) is 5.92 Å². The molecule has 0 aliphatic heterocycles. The second-order valence-electron chi connectivity index (χ2n) is 6.82. The largest absolute Gasteiger partial charge is 0.497 e. The van der Waals surface area contributed by atoms with E-state index in [0.29, 0.717) is 11.0 Å². The maximum absolute atomic E-state index is 12.6. The minimum Gasteiger partial charge on any atom is -0.497 e. The second-order valence-corrected chi connectivity index (χ2v) is 8.75. The average molecular weight is 425 g/mol. The predicted octanol–water partition coefficient (Wildman–Crippen LogP) is 6.42. The summed E-state index contributed by atoms with van der Waals surface area (Å²) < 4.78 is 5.21. The van der Waals surface area contributed by atoms with E-state index in [-0.39, 0.29) is 5.91 Å². The third kappa shape index (κ3) is 5.28. The minimum atomic E-state index is -0.205. The summed E-state index contributed by atoms with van der Waals surface area (Å²) in [7, 11) is 1.64. The van der Waals surface area contributed by atoms with E-state index >= 15 is 0 Å². The van der Waals surface area contributed by atoms with Crippen LogP contribution in [0.4, 0.5) is 10.8 Å². The van der Waals surface area contributed by atoms with Gasteiger partial charge in [0.1, 0.15) is 5.75 Å². The number of hydrogen-bond acceptors (Lipinski definition) is 5. The highest BCUT2D eigenvalue weighted by atomic mass is 32.2. The van der Waals surface area contributed by atoms with Crippen LogP contribution >= 0.6 is 23.1 Å². The highest BCUT2D eigenvalue weighted by molar-refractivity contribution is 7.99. The smallest absolute Gasteiger partial charge is 0.256 e. The van der Waals surface area contributed by atoms with Crippen LogP contribution in [0.2, 0.25) is 0 Å². The Hall–Kier alpha value is -2.57. The molecule has 1 aromatic heterocycles. The molecule has 4 nitrogen and oxygen atoms in total. The normalized spacial score (nSPS) is 10.8. The lowest BCUT2D eigenvalue weighted by Gasteiger charge is -2.18. The Morgan fingerprint density at radius 2 is 1.90 bits per heavy atom. The first-order valence-electron chi connectivity index (χ1n) is 9.31. The summed E-state index contributed by atoms with van der Waals surface area (Å²) in [5.74, 6) is 2.28. The maximum Gasteiger partial charge on any atom is 0.256 e. The molecule has 0 spiro atoms. The molecule has 0 fully saturated rings. The molecule has 1 heterocycles. The molecule has 0 bridgehead atoms. The first-order valence-corrected chi connectivity index (χ1v) is 11.2. The van der Waals surface area contributed by atoms with Crippen molar-refractivity contribution in [3.63, 3.8) is 0 Å². The molecule has 1 amide bonds. The van der Waals surface area contributed by atoms with Crippen molar-refractivity contribution in [3.05, 3.63) is 66.6 Å². The van der Waals surface area contributed by atoms with E-state index in [2.05, 4.69) is 20.4 Å². The summed E-state index contributed by atoms with van der Waals surface area (Å²) in [5.41, 5.74) is 2.57. The monoisotopic (exact) mass is 424 g/mol. The van der Waals surface area contributed by atoms with Gasteiger partial charge in [-0.2, -0.15) is 0 Å². The third-order valence-electron chi connectivity index (χ3n) is 4.14. The van der Waals surface area contributed by atoms with Crippen molar-refractivity contribution in [2.24, 2.45) is 5.92 Å². The Balaban J connectivity index is 1.86. The van der Waals surface area contributed by atoms with E-state index in [1.165, 1.54) is 22.3 Å². The Kier molecular flexibility index (Phi) is 7.12. The number of rotatable bonds is 8. The van der Waals surface area contributed by atoms with Crippen LogP contribution in [-0.2, 0) is 4.79 Å². The number of thioether (sulfide) groups is 1. The zero-order valence-corrected chi connectivity index (χ0v) is 18.4. The van der Waals surface area contributed by atoms with Gasteiger partial charge in [0, 0.05) is 21.6 Å². The number of anilines is 2. The van der Waals surface area contributed by atoms with Crippen LogP contribution in [0.1, 0.15) is 13.8 Å². The lowest BCUT2D eigenvalue weighted by Crippen LogP contribution is -2.23. The van der Waals surface area contributed by atoms with Gasteiger partial charge in [-0.1, -0.05) is 20.4 Å². The summed E-state index contributed by atoms with van der Waals surface area (Å²) in [6, 6.07) is 15.7. The zero-order chi connectivity index (χ0) is 20.8. The summed E-state index contributed by atoms with van der Waals surface area (Å²) in [4.78, 5) is 20.1. The van der Waals surface area contributed by atoms with E-state index in [0.717, 1.165) is 28.4 Å². The fraction of sp³-hybridized carbons (Fsp3) is 0.217. The Labute approximate surface area is 180 Å². The molecule has 0 atom stereocenters. The number of carbonyl (C=O) groups is 1. The van der Waals surface area contributed by atoms with E-state index in [1.54, 1.807) is 12.0 Å². The van der Waals surface area contributed by atoms with Gasteiger partial charge in [0.05, 0.1) is 18.5 Å². The number of nitrogens with zero attached hydrogens (tertiary/aromatic N) is 2. The van der Waals surface area contributed by atoms with Crippen LogP contribution in [0.15, 0.2) is 71.5 Å². The highest BCUT2D eigenvalue weighted by Gasteiger charge is 2.19. The predicted molar refractivity (Wildman–Crippen MR) is 123 cm³/mol. The molecular formula is C23H24N2O2S2. The number of thiazole rings is 1. The maximum atomic E-state index is 12.6. The number of aromatic nitrogens is 1. The van der Waals surface area contributed by atoms with E-state index in [1.807, 2.05) is 65.7 Å². The van der Waals surface area contributed by atoms with Gasteiger partial charge >= 0.3 is 0 Å². The van der Waals surface area contributed by atoms with Crippen molar-refractivity contribution in [2.75, 3.05) is 17.8 Å². The quantitative estimate of drug-likeness (QED) is 0.309. The van der Waals surface area contributed by atoms with Crippen molar-refractivity contribution in [1.29, 1.82) is 0 Å². The van der Waals surface area contributed by atoms with Crippen molar-refractivity contribution in [3.8, 4) is 17.0 Å². The number of hydrogen-bond donors (Lipinski definition) is 0. The van der Waals surface area contributed by atoms with Gasteiger partial charge in [-0.3, -0.25) is 9.69 Å². The first-order chi connectivity index (χ1) is 14.0. The second kappa shape index (κ2) is 9.76. The van der Waals surface area contributed by atoms with Crippen LogP contribution in [0.5, 0.6) is 5.75 Å². The molecule has 0 saturated heterocycles. The summed E-state index contributed by atoms with van der Waals surface area (Å²) >= 11 is 3.25. The van der Waals surface area contributed by atoms with Gasteiger partial charge < -0.3 is 4.74 Å². The van der Waals surface area contributed by atoms with E-state index in [4.69, 9.17) is 9.72 Å². The van der Waals surface area contributed by atoms with Crippen LogP contribution < -0.4 is 9.64 Å². The zero-order valence-electron chi connectivity index (χ0n) is 16.8. The van der Waals surface area contributed by atoms with Gasteiger partial charge in [0.2, 0.25) is 0 Å². The molecular weight excluding hydrogens is 400 g/mol. The molecule has 0 unspecified atom stereocenters. The fourth-order valence-electron chi connectivity index (χ4n) is 2.64. The molecule has 0 radical (unpaired) electrons. The molecule has 0 aliphatic rings. The number of benzene rings is 2. The molecule has 0 saturated carbocycles. The molecule has 0 N–H and O–H groups in total. The van der Waals surface area contributed by atoms with Gasteiger partial charge in [0.15, 0.2) is 5.13 Å². The lowest BCUT2D eigenvalue weighted by atomic mass is 10.2. The Bertz CT molecular complexity index is 963. The summed E-state index contributed by atoms with van der Waals surface area (Å²) in [6.45, 7) is 8.06. The van der Waals surface area contributed by atoms with Crippen LogP contribution in [0.3, 0.4) is 0 Å². The number of methoxy groups -OCH3 is 1. The molecule has 3 aromatic rings. The Morgan fingerprint density at radius 3 is 2.48 bits per heavy atom. The molecule has 3 rings (SSSR count). The summed E-state index contributed by atoms with van der Waals surface area (Å²) in [6.07, 6.45) is 1.32. The van der Waals surface area contributed by atoms with Crippen molar-refractivity contribution < 1.29 is 9.53 Å². The fourth-order valence-corrected chi connectivity index (χ4v) is 4.35. The number of ether oxygens (including phenoxy) is 1. The minimum absolute atomic E-state index is 0.205. The summed E-state index contributed by atoms with van der Waals surface area (Å²) in [5, 5.41) is 2.57. The van der Waals surface area contributed by atoms with Gasteiger partial charge in [-0.05, 0) is 60.5 Å².